The number of aromatic nitrogens is 1. The molecule has 3 aromatic carbocycles. The Morgan fingerprint density at radius 3 is 2.29 bits per heavy atom. The molecule has 2 heterocycles. The van der Waals surface area contributed by atoms with Crippen molar-refractivity contribution in [1.29, 1.82) is 0 Å². The van der Waals surface area contributed by atoms with Crippen LogP contribution in [-0.2, 0) is 11.3 Å². The molecule has 1 aliphatic heterocycles. The van der Waals surface area contributed by atoms with E-state index in [1.807, 2.05) is 36.4 Å². The molecule has 0 unspecified atom stereocenters. The molecule has 0 saturated carbocycles. The van der Waals surface area contributed by atoms with Crippen molar-refractivity contribution in [3.05, 3.63) is 113 Å². The summed E-state index contributed by atoms with van der Waals surface area (Å²) in [5.41, 5.74) is 3.53. The van der Waals surface area contributed by atoms with Crippen molar-refractivity contribution in [3.63, 3.8) is 0 Å². The fourth-order valence-corrected chi connectivity index (χ4v) is 3.77. The minimum atomic E-state index is -0.400. The molecule has 1 aromatic heterocycles. The molecule has 150 valence electrons. The lowest BCUT2D eigenvalue weighted by molar-refractivity contribution is -0.123. The minimum Gasteiger partial charge on any atom is -0.269 e. The van der Waals surface area contributed by atoms with Gasteiger partial charge in [-0.3, -0.25) is 19.5 Å². The lowest BCUT2D eigenvalue weighted by Gasteiger charge is -2.28. The van der Waals surface area contributed by atoms with Gasteiger partial charge in [0, 0.05) is 16.5 Å². The van der Waals surface area contributed by atoms with Gasteiger partial charge in [-0.2, -0.15) is 0 Å². The Morgan fingerprint density at radius 2 is 1.48 bits per heavy atom. The maximum atomic E-state index is 13.4. The van der Waals surface area contributed by atoms with Crippen LogP contribution in [0, 0.1) is 5.82 Å². The molecule has 4 aromatic rings. The summed E-state index contributed by atoms with van der Waals surface area (Å²) in [5, 5.41) is 0.991. The summed E-state index contributed by atoms with van der Waals surface area (Å²) in [6.07, 6.45) is 1.69. The zero-order chi connectivity index (χ0) is 21.4. The molecule has 5 heteroatoms. The highest BCUT2D eigenvalue weighted by Gasteiger charge is 2.34. The Kier molecular flexibility index (Phi) is 4.64. The van der Waals surface area contributed by atoms with E-state index in [0.29, 0.717) is 28.0 Å². The lowest BCUT2D eigenvalue weighted by atomic mass is 9.92. The van der Waals surface area contributed by atoms with Gasteiger partial charge in [0.25, 0.3) is 11.8 Å². The van der Waals surface area contributed by atoms with Crippen LogP contribution in [0.1, 0.15) is 27.2 Å². The topological polar surface area (TPSA) is 50.3 Å². The van der Waals surface area contributed by atoms with Gasteiger partial charge in [0.15, 0.2) is 0 Å². The van der Waals surface area contributed by atoms with E-state index in [-0.39, 0.29) is 18.3 Å². The second-order valence-corrected chi connectivity index (χ2v) is 7.35. The van der Waals surface area contributed by atoms with Gasteiger partial charge >= 0.3 is 0 Å². The summed E-state index contributed by atoms with van der Waals surface area (Å²) in [4.78, 5) is 32.3. The van der Waals surface area contributed by atoms with E-state index < -0.39 is 5.91 Å². The Bertz CT molecular complexity index is 1360. The van der Waals surface area contributed by atoms with E-state index in [2.05, 4.69) is 4.98 Å². The number of carbonyl (C=O) groups is 2. The van der Waals surface area contributed by atoms with E-state index in [4.69, 9.17) is 0 Å². The highest BCUT2D eigenvalue weighted by atomic mass is 19.1. The molecule has 0 atom stereocenters. The van der Waals surface area contributed by atoms with Gasteiger partial charge in [-0.25, -0.2) is 4.39 Å². The number of halogens is 1. The molecule has 1 aliphatic rings. The second-order valence-electron chi connectivity index (χ2n) is 7.35. The Labute approximate surface area is 178 Å². The minimum absolute atomic E-state index is 0.0671. The summed E-state index contributed by atoms with van der Waals surface area (Å²) in [6.45, 7) is 0.0671. The molecule has 2 amide bonds. The van der Waals surface area contributed by atoms with Gasteiger partial charge in [0.1, 0.15) is 5.82 Å². The number of nitrogens with zero attached hydrogens (tertiary/aromatic N) is 2. The van der Waals surface area contributed by atoms with Crippen LogP contribution in [0.15, 0.2) is 84.9 Å². The van der Waals surface area contributed by atoms with Crippen molar-refractivity contribution in [2.24, 2.45) is 0 Å². The molecule has 0 spiro atoms. The normalized spacial score (nSPS) is 14.9. The average Bonchev–Trinajstić information content (AvgIpc) is 2.80. The van der Waals surface area contributed by atoms with Crippen LogP contribution in [0.4, 0.5) is 4.39 Å². The fraction of sp³-hybridized carbons (Fsp3) is 0.0385. The summed E-state index contributed by atoms with van der Waals surface area (Å²) in [6, 6.07) is 24.4. The van der Waals surface area contributed by atoms with Crippen LogP contribution in [0.5, 0.6) is 0 Å². The van der Waals surface area contributed by atoms with Gasteiger partial charge in [-0.1, -0.05) is 54.6 Å². The average molecular weight is 408 g/mol. The summed E-state index contributed by atoms with van der Waals surface area (Å²) < 4.78 is 13.3. The van der Waals surface area contributed by atoms with Crippen LogP contribution in [0.2, 0.25) is 0 Å². The predicted octanol–water partition coefficient (Wildman–Crippen LogP) is 5.10. The highest BCUT2D eigenvalue weighted by Crippen LogP contribution is 2.31. The first kappa shape index (κ1) is 18.9. The van der Waals surface area contributed by atoms with Gasteiger partial charge in [-0.15, -0.1) is 0 Å². The van der Waals surface area contributed by atoms with E-state index in [0.717, 1.165) is 10.9 Å². The molecule has 0 bridgehead atoms. The van der Waals surface area contributed by atoms with Crippen LogP contribution >= 0.6 is 0 Å². The molecule has 0 radical (unpaired) electrons. The van der Waals surface area contributed by atoms with Crippen LogP contribution in [0.25, 0.3) is 22.6 Å². The largest absolute Gasteiger partial charge is 0.269 e. The second kappa shape index (κ2) is 7.61. The summed E-state index contributed by atoms with van der Waals surface area (Å²) in [7, 11) is 0. The molecular formula is C26H17FN2O2. The van der Waals surface area contributed by atoms with Gasteiger partial charge in [0.2, 0.25) is 0 Å². The zero-order valence-corrected chi connectivity index (χ0v) is 16.5. The van der Waals surface area contributed by atoms with Crippen molar-refractivity contribution >= 4 is 34.4 Å². The Hall–Kier alpha value is -4.12. The van der Waals surface area contributed by atoms with Crippen molar-refractivity contribution in [1.82, 2.24) is 9.88 Å². The highest BCUT2D eigenvalue weighted by molar-refractivity contribution is 6.33. The number of hydrogen-bond acceptors (Lipinski definition) is 3. The summed E-state index contributed by atoms with van der Waals surface area (Å²) in [5.74, 6) is -1.11. The third-order valence-corrected chi connectivity index (χ3v) is 5.33. The van der Waals surface area contributed by atoms with Crippen molar-refractivity contribution < 1.29 is 14.0 Å². The van der Waals surface area contributed by atoms with Crippen molar-refractivity contribution in [3.8, 4) is 0 Å². The van der Waals surface area contributed by atoms with Gasteiger partial charge in [-0.05, 0) is 47.5 Å². The standard InChI is InChI=1S/C26H17FN2O2/c27-19-12-9-17(10-13-19)15-23-21-6-2-3-7-22(21)25(30)29(26(23)31)16-20-14-11-18-5-1-4-8-24(18)28-20/h1-15H,16H2/b23-15-. The first-order valence-electron chi connectivity index (χ1n) is 9.88. The zero-order valence-electron chi connectivity index (χ0n) is 16.5. The van der Waals surface area contributed by atoms with Crippen LogP contribution < -0.4 is 0 Å². The number of imide groups is 1. The number of carbonyl (C=O) groups excluding carboxylic acids is 2. The number of benzene rings is 3. The Morgan fingerprint density at radius 1 is 0.774 bits per heavy atom. The van der Waals surface area contributed by atoms with Gasteiger partial charge < -0.3 is 0 Å². The van der Waals surface area contributed by atoms with E-state index in [9.17, 15) is 14.0 Å². The van der Waals surface area contributed by atoms with Gasteiger partial charge in [0.05, 0.1) is 17.8 Å². The molecule has 0 N–H and O–H groups in total. The molecule has 31 heavy (non-hydrogen) atoms. The molecule has 0 saturated heterocycles. The van der Waals surface area contributed by atoms with E-state index in [1.54, 1.807) is 42.5 Å². The molecule has 0 aliphatic carbocycles. The van der Waals surface area contributed by atoms with E-state index >= 15 is 0 Å². The third kappa shape index (κ3) is 3.51. The number of para-hydroxylation sites is 1. The molecule has 4 nitrogen and oxygen atoms in total. The maximum absolute atomic E-state index is 13.4. The summed E-state index contributed by atoms with van der Waals surface area (Å²) >= 11 is 0. The molecule has 5 rings (SSSR count). The molecule has 0 fully saturated rings. The predicted molar refractivity (Wildman–Crippen MR) is 117 cm³/mol. The SMILES string of the molecule is O=C1/C(=C\c2ccc(F)cc2)c2ccccc2C(=O)N1Cc1ccc2ccccc2n1. The Balaban J connectivity index is 1.57. The lowest BCUT2D eigenvalue weighted by Crippen LogP contribution is -2.41. The van der Waals surface area contributed by atoms with Crippen LogP contribution in [-0.4, -0.2) is 21.7 Å². The number of amides is 2. The van der Waals surface area contributed by atoms with Crippen molar-refractivity contribution in [2.45, 2.75) is 6.54 Å². The number of hydrogen-bond donors (Lipinski definition) is 0. The smallest absolute Gasteiger partial charge is 0.261 e. The first-order valence-corrected chi connectivity index (χ1v) is 9.88. The number of fused-ring (bicyclic) bond motifs is 2. The van der Waals surface area contributed by atoms with Crippen LogP contribution in [0.3, 0.4) is 0 Å². The van der Waals surface area contributed by atoms with Crippen molar-refractivity contribution in [2.75, 3.05) is 0 Å². The number of pyridine rings is 1. The first-order chi connectivity index (χ1) is 15.1. The maximum Gasteiger partial charge on any atom is 0.261 e. The third-order valence-electron chi connectivity index (χ3n) is 5.33. The quantitative estimate of drug-likeness (QED) is 0.350. The fourth-order valence-electron chi connectivity index (χ4n) is 3.77. The molecular weight excluding hydrogens is 391 g/mol. The number of rotatable bonds is 3. The monoisotopic (exact) mass is 408 g/mol. The van der Waals surface area contributed by atoms with E-state index in [1.165, 1.54) is 17.0 Å².